The highest BCUT2D eigenvalue weighted by Crippen LogP contribution is 2.12. The van der Waals surface area contributed by atoms with Gasteiger partial charge >= 0.3 is 0 Å². The lowest BCUT2D eigenvalue weighted by Crippen LogP contribution is -2.11. The first-order chi connectivity index (χ1) is 5.75. The molecule has 1 aromatic heterocycles. The van der Waals surface area contributed by atoms with Gasteiger partial charge in [0.1, 0.15) is 10.3 Å². The number of halogens is 1. The summed E-state index contributed by atoms with van der Waals surface area (Å²) in [6.07, 6.45) is 3.04. The van der Waals surface area contributed by atoms with Gasteiger partial charge in [0.15, 0.2) is 0 Å². The van der Waals surface area contributed by atoms with Gasteiger partial charge in [-0.05, 0) is 15.9 Å². The molecule has 0 unspecified atom stereocenters. The van der Waals surface area contributed by atoms with E-state index in [2.05, 4.69) is 37.8 Å². The van der Waals surface area contributed by atoms with Gasteiger partial charge in [0.25, 0.3) is 5.56 Å². The molecule has 0 aliphatic carbocycles. The summed E-state index contributed by atoms with van der Waals surface area (Å²) in [5.74, 6) is 0.527. The van der Waals surface area contributed by atoms with Gasteiger partial charge in [-0.1, -0.05) is 6.08 Å². The molecule has 1 rings (SSSR count). The molecule has 64 valence electrons. The minimum atomic E-state index is -0.198. The number of rotatable bonds is 3. The summed E-state index contributed by atoms with van der Waals surface area (Å²) in [5.41, 5.74) is -0.198. The zero-order valence-electron chi connectivity index (χ0n) is 6.30. The molecular formula is C7H8BrN3O. The molecular weight excluding hydrogens is 222 g/mol. The Labute approximate surface area is 77.9 Å². The Hall–Kier alpha value is -1.10. The zero-order valence-corrected chi connectivity index (χ0v) is 7.89. The van der Waals surface area contributed by atoms with Crippen LogP contribution in [0.25, 0.3) is 0 Å². The number of nitrogens with one attached hydrogen (secondary N) is 2. The highest BCUT2D eigenvalue weighted by Gasteiger charge is 2.02. The van der Waals surface area contributed by atoms with E-state index in [1.54, 1.807) is 6.08 Å². The third-order valence-electron chi connectivity index (χ3n) is 1.21. The van der Waals surface area contributed by atoms with Gasteiger partial charge in [-0.3, -0.25) is 4.79 Å². The molecule has 0 aliphatic heterocycles. The van der Waals surface area contributed by atoms with E-state index in [1.165, 1.54) is 6.33 Å². The maximum absolute atomic E-state index is 11.0. The Bertz CT molecular complexity index is 334. The van der Waals surface area contributed by atoms with Crippen molar-refractivity contribution in [2.75, 3.05) is 11.9 Å². The second kappa shape index (κ2) is 4.06. The average Bonchev–Trinajstić information content (AvgIpc) is 2.08. The fourth-order valence-corrected chi connectivity index (χ4v) is 1.03. The highest BCUT2D eigenvalue weighted by atomic mass is 79.9. The molecule has 0 atom stereocenters. The van der Waals surface area contributed by atoms with Crippen molar-refractivity contribution < 1.29 is 0 Å². The topological polar surface area (TPSA) is 57.8 Å². The van der Waals surface area contributed by atoms with Crippen molar-refractivity contribution in [1.29, 1.82) is 0 Å². The van der Waals surface area contributed by atoms with Crippen molar-refractivity contribution in [3.8, 4) is 0 Å². The number of aromatic amines is 1. The van der Waals surface area contributed by atoms with Crippen LogP contribution in [0.5, 0.6) is 0 Å². The van der Waals surface area contributed by atoms with Crippen LogP contribution >= 0.6 is 15.9 Å². The fourth-order valence-electron chi connectivity index (χ4n) is 0.675. The zero-order chi connectivity index (χ0) is 8.97. The molecule has 0 aromatic carbocycles. The van der Waals surface area contributed by atoms with Crippen LogP contribution in [0.15, 0.2) is 28.2 Å². The summed E-state index contributed by atoms with van der Waals surface area (Å²) in [5, 5.41) is 2.91. The summed E-state index contributed by atoms with van der Waals surface area (Å²) in [4.78, 5) is 17.3. The largest absolute Gasteiger partial charge is 0.365 e. The number of hydrogen-bond acceptors (Lipinski definition) is 3. The highest BCUT2D eigenvalue weighted by molar-refractivity contribution is 9.10. The Morgan fingerprint density at radius 3 is 3.25 bits per heavy atom. The van der Waals surface area contributed by atoms with Crippen LogP contribution in [0.1, 0.15) is 0 Å². The molecule has 0 bridgehead atoms. The molecule has 0 radical (unpaired) electrons. The van der Waals surface area contributed by atoms with E-state index in [9.17, 15) is 4.79 Å². The van der Waals surface area contributed by atoms with Crippen LogP contribution < -0.4 is 10.9 Å². The van der Waals surface area contributed by atoms with Crippen molar-refractivity contribution in [2.45, 2.75) is 0 Å². The molecule has 0 saturated heterocycles. The van der Waals surface area contributed by atoms with Gasteiger partial charge in [0, 0.05) is 6.54 Å². The summed E-state index contributed by atoms with van der Waals surface area (Å²) < 4.78 is 0.409. The predicted molar refractivity (Wildman–Crippen MR) is 51.2 cm³/mol. The van der Waals surface area contributed by atoms with Crippen molar-refractivity contribution >= 4 is 21.7 Å². The lowest BCUT2D eigenvalue weighted by Gasteiger charge is -2.01. The summed E-state index contributed by atoms with van der Waals surface area (Å²) in [7, 11) is 0. The van der Waals surface area contributed by atoms with E-state index in [0.29, 0.717) is 16.8 Å². The minimum Gasteiger partial charge on any atom is -0.365 e. The molecule has 0 saturated carbocycles. The van der Waals surface area contributed by atoms with Crippen LogP contribution in [0.4, 0.5) is 5.82 Å². The normalized spacial score (nSPS) is 9.42. The monoisotopic (exact) mass is 229 g/mol. The summed E-state index contributed by atoms with van der Waals surface area (Å²) in [6, 6.07) is 0. The number of H-pyrrole nitrogens is 1. The second-order valence-electron chi connectivity index (χ2n) is 2.06. The van der Waals surface area contributed by atoms with E-state index in [0.717, 1.165) is 0 Å². The molecule has 2 N–H and O–H groups in total. The van der Waals surface area contributed by atoms with Crippen molar-refractivity contribution in [2.24, 2.45) is 0 Å². The first-order valence-corrected chi connectivity index (χ1v) is 4.13. The lowest BCUT2D eigenvalue weighted by molar-refractivity contribution is 1.08. The molecule has 0 spiro atoms. The van der Waals surface area contributed by atoms with Gasteiger partial charge < -0.3 is 10.3 Å². The molecule has 0 fully saturated rings. The quantitative estimate of drug-likeness (QED) is 0.765. The first-order valence-electron chi connectivity index (χ1n) is 3.33. The maximum Gasteiger partial charge on any atom is 0.267 e. The number of aromatic nitrogens is 2. The van der Waals surface area contributed by atoms with Crippen LogP contribution in [0, 0.1) is 0 Å². The summed E-state index contributed by atoms with van der Waals surface area (Å²) >= 11 is 3.11. The van der Waals surface area contributed by atoms with Gasteiger partial charge in [0.05, 0.1) is 6.33 Å². The van der Waals surface area contributed by atoms with Gasteiger partial charge in [-0.2, -0.15) is 0 Å². The van der Waals surface area contributed by atoms with E-state index in [-0.39, 0.29) is 5.56 Å². The van der Waals surface area contributed by atoms with Gasteiger partial charge in [-0.25, -0.2) is 4.98 Å². The standard InChI is InChI=1S/C7H8BrN3O/c1-2-3-9-6-5(8)7(12)11-4-10-6/h2,4H,1,3H2,(H2,9,10,11,12). The molecule has 1 aromatic rings. The fraction of sp³-hybridized carbons (Fsp3) is 0.143. The van der Waals surface area contributed by atoms with E-state index >= 15 is 0 Å². The van der Waals surface area contributed by atoms with Crippen LogP contribution in [0.2, 0.25) is 0 Å². The molecule has 0 aliphatic rings. The van der Waals surface area contributed by atoms with E-state index in [1.807, 2.05) is 0 Å². The van der Waals surface area contributed by atoms with Crippen molar-refractivity contribution in [1.82, 2.24) is 9.97 Å². The Morgan fingerprint density at radius 2 is 2.58 bits per heavy atom. The molecule has 12 heavy (non-hydrogen) atoms. The molecule has 1 heterocycles. The second-order valence-corrected chi connectivity index (χ2v) is 2.86. The van der Waals surface area contributed by atoms with Crippen molar-refractivity contribution in [3.63, 3.8) is 0 Å². The van der Waals surface area contributed by atoms with Gasteiger partial charge in [-0.15, -0.1) is 6.58 Å². The third-order valence-corrected chi connectivity index (χ3v) is 1.95. The van der Waals surface area contributed by atoms with Crippen molar-refractivity contribution in [3.05, 3.63) is 33.8 Å². The predicted octanol–water partition coefficient (Wildman–Crippen LogP) is 1.13. The van der Waals surface area contributed by atoms with Gasteiger partial charge in [0.2, 0.25) is 0 Å². The van der Waals surface area contributed by atoms with E-state index < -0.39 is 0 Å². The minimum absolute atomic E-state index is 0.198. The van der Waals surface area contributed by atoms with Crippen LogP contribution in [-0.4, -0.2) is 16.5 Å². The Balaban J connectivity index is 2.92. The number of hydrogen-bond donors (Lipinski definition) is 2. The molecule has 4 nitrogen and oxygen atoms in total. The van der Waals surface area contributed by atoms with Crippen LogP contribution in [0.3, 0.4) is 0 Å². The Kier molecular flexibility index (Phi) is 3.04. The Morgan fingerprint density at radius 1 is 1.83 bits per heavy atom. The average molecular weight is 230 g/mol. The van der Waals surface area contributed by atoms with Crippen LogP contribution in [-0.2, 0) is 0 Å². The first kappa shape index (κ1) is 8.99. The summed E-state index contributed by atoms with van der Waals surface area (Å²) in [6.45, 7) is 4.11. The smallest absolute Gasteiger partial charge is 0.267 e. The molecule has 0 amide bonds. The third kappa shape index (κ3) is 1.94. The number of nitrogens with zero attached hydrogens (tertiary/aromatic N) is 1. The maximum atomic E-state index is 11.0. The SMILES string of the molecule is C=CCNc1nc[nH]c(=O)c1Br. The van der Waals surface area contributed by atoms with E-state index in [4.69, 9.17) is 0 Å². The molecule has 5 heteroatoms. The lowest BCUT2D eigenvalue weighted by atomic mass is 10.5. The number of anilines is 1.